The summed E-state index contributed by atoms with van der Waals surface area (Å²) in [7, 11) is 1.60. The van der Waals surface area contributed by atoms with Crippen LogP contribution in [-0.2, 0) is 19.5 Å². The van der Waals surface area contributed by atoms with E-state index in [0.717, 1.165) is 23.6 Å². The van der Waals surface area contributed by atoms with Crippen LogP contribution in [0.25, 0.3) is 0 Å². The van der Waals surface area contributed by atoms with Crippen molar-refractivity contribution in [1.29, 1.82) is 0 Å². The van der Waals surface area contributed by atoms with Gasteiger partial charge in [0.2, 0.25) is 0 Å². The van der Waals surface area contributed by atoms with Gasteiger partial charge in [-0.25, -0.2) is 4.79 Å². The minimum Gasteiger partial charge on any atom is -0.497 e. The average molecular weight is 287 g/mol. The van der Waals surface area contributed by atoms with Gasteiger partial charge in [-0.15, -0.1) is 0 Å². The molecular weight excluding hydrogens is 270 g/mol. The average Bonchev–Trinajstić information content (AvgIpc) is 2.52. The third kappa shape index (κ3) is 2.62. The van der Waals surface area contributed by atoms with Gasteiger partial charge in [0.1, 0.15) is 5.75 Å². The van der Waals surface area contributed by atoms with Crippen LogP contribution in [0.2, 0.25) is 0 Å². The lowest BCUT2D eigenvalue weighted by Crippen LogP contribution is -2.42. The highest BCUT2D eigenvalue weighted by Crippen LogP contribution is 2.11. The van der Waals surface area contributed by atoms with Crippen LogP contribution in [0.5, 0.6) is 5.75 Å². The maximum atomic E-state index is 12.4. The van der Waals surface area contributed by atoms with Crippen LogP contribution < -0.4 is 21.3 Å². The number of benzene rings is 1. The lowest BCUT2D eigenvalue weighted by Gasteiger charge is -2.17. The molecule has 0 aliphatic carbocycles. The van der Waals surface area contributed by atoms with E-state index in [0.29, 0.717) is 18.5 Å². The van der Waals surface area contributed by atoms with E-state index in [2.05, 4.69) is 10.3 Å². The van der Waals surface area contributed by atoms with Gasteiger partial charge in [0.25, 0.3) is 5.56 Å². The number of aromatic nitrogens is 2. The van der Waals surface area contributed by atoms with E-state index in [1.165, 1.54) is 4.57 Å². The number of nitrogens with one attached hydrogen (secondary N) is 2. The minimum atomic E-state index is -0.350. The Morgan fingerprint density at radius 3 is 2.71 bits per heavy atom. The standard InChI is InChI=1S/C15H17N3O3/c1-21-11-4-2-10(3-5-11)9-18-14(19)12-8-16-7-6-13(12)17-15(18)20/h2-5,16H,6-9H2,1H3,(H,17,20). The molecule has 0 spiro atoms. The zero-order valence-electron chi connectivity index (χ0n) is 11.8. The molecule has 0 amide bonds. The Hall–Kier alpha value is -2.34. The van der Waals surface area contributed by atoms with Crippen LogP contribution in [0.4, 0.5) is 0 Å². The molecule has 6 heteroatoms. The molecule has 110 valence electrons. The van der Waals surface area contributed by atoms with Crippen LogP contribution in [-0.4, -0.2) is 23.2 Å². The van der Waals surface area contributed by atoms with Crippen LogP contribution in [0.1, 0.15) is 16.8 Å². The molecule has 1 aromatic carbocycles. The zero-order valence-corrected chi connectivity index (χ0v) is 11.8. The number of rotatable bonds is 3. The molecule has 3 rings (SSSR count). The first-order chi connectivity index (χ1) is 10.2. The molecule has 1 aliphatic rings. The quantitative estimate of drug-likeness (QED) is 0.848. The normalized spacial score (nSPS) is 13.8. The fourth-order valence-electron chi connectivity index (χ4n) is 2.54. The van der Waals surface area contributed by atoms with Crippen molar-refractivity contribution in [2.45, 2.75) is 19.5 Å². The maximum Gasteiger partial charge on any atom is 0.328 e. The molecule has 0 fully saturated rings. The van der Waals surface area contributed by atoms with Gasteiger partial charge in [0, 0.05) is 25.2 Å². The van der Waals surface area contributed by atoms with Gasteiger partial charge in [-0.05, 0) is 17.7 Å². The number of methoxy groups -OCH3 is 1. The molecule has 2 heterocycles. The van der Waals surface area contributed by atoms with Gasteiger partial charge in [-0.2, -0.15) is 0 Å². The molecule has 2 aromatic rings. The van der Waals surface area contributed by atoms with E-state index in [4.69, 9.17) is 4.74 Å². The van der Waals surface area contributed by atoms with Crippen molar-refractivity contribution in [3.05, 3.63) is 61.9 Å². The molecule has 0 saturated carbocycles. The number of nitrogens with zero attached hydrogens (tertiary/aromatic N) is 1. The monoisotopic (exact) mass is 287 g/mol. The summed E-state index contributed by atoms with van der Waals surface area (Å²) in [6.45, 7) is 1.55. The molecule has 2 N–H and O–H groups in total. The summed E-state index contributed by atoms with van der Waals surface area (Å²) in [5.41, 5.74) is 1.74. The Kier molecular flexibility index (Phi) is 3.62. The van der Waals surface area contributed by atoms with Gasteiger partial charge < -0.3 is 15.0 Å². The summed E-state index contributed by atoms with van der Waals surface area (Å²) in [6, 6.07) is 7.33. The number of hydrogen-bond donors (Lipinski definition) is 2. The molecule has 1 aliphatic heterocycles. The maximum absolute atomic E-state index is 12.4. The SMILES string of the molecule is COc1ccc(Cn2c(=O)[nH]c3c(c2=O)CNCC3)cc1. The zero-order chi connectivity index (χ0) is 14.8. The summed E-state index contributed by atoms with van der Waals surface area (Å²) in [6.07, 6.45) is 0.684. The largest absolute Gasteiger partial charge is 0.497 e. The number of ether oxygens (including phenoxy) is 1. The van der Waals surface area contributed by atoms with Crippen molar-refractivity contribution in [2.75, 3.05) is 13.7 Å². The lowest BCUT2D eigenvalue weighted by atomic mass is 10.1. The fraction of sp³-hybridized carbons (Fsp3) is 0.333. The first-order valence-corrected chi connectivity index (χ1v) is 6.87. The van der Waals surface area contributed by atoms with Crippen LogP contribution in [0.3, 0.4) is 0 Å². The Bertz CT molecular complexity index is 759. The Morgan fingerprint density at radius 1 is 1.24 bits per heavy atom. The Morgan fingerprint density at radius 2 is 2.00 bits per heavy atom. The molecule has 0 unspecified atom stereocenters. The predicted molar refractivity (Wildman–Crippen MR) is 78.8 cm³/mol. The molecular formula is C15H17N3O3. The van der Waals surface area contributed by atoms with Crippen molar-refractivity contribution in [2.24, 2.45) is 0 Å². The number of aromatic amines is 1. The van der Waals surface area contributed by atoms with Gasteiger partial charge in [-0.3, -0.25) is 9.36 Å². The topological polar surface area (TPSA) is 76.1 Å². The Labute approximate surface area is 121 Å². The molecule has 0 radical (unpaired) electrons. The summed E-state index contributed by atoms with van der Waals surface area (Å²) in [5, 5.41) is 3.16. The molecule has 21 heavy (non-hydrogen) atoms. The molecule has 0 bridgehead atoms. The molecule has 6 nitrogen and oxygen atoms in total. The van der Waals surface area contributed by atoms with Crippen LogP contribution in [0, 0.1) is 0 Å². The van der Waals surface area contributed by atoms with E-state index in [1.54, 1.807) is 7.11 Å². The van der Waals surface area contributed by atoms with Crippen molar-refractivity contribution >= 4 is 0 Å². The second kappa shape index (κ2) is 5.57. The van der Waals surface area contributed by atoms with Crippen molar-refractivity contribution in [3.63, 3.8) is 0 Å². The van der Waals surface area contributed by atoms with Gasteiger partial charge in [0.15, 0.2) is 0 Å². The minimum absolute atomic E-state index is 0.211. The molecule has 0 atom stereocenters. The number of fused-ring (bicyclic) bond motifs is 1. The third-order valence-corrected chi connectivity index (χ3v) is 3.72. The van der Waals surface area contributed by atoms with Crippen molar-refractivity contribution in [1.82, 2.24) is 14.9 Å². The van der Waals surface area contributed by atoms with E-state index in [9.17, 15) is 9.59 Å². The van der Waals surface area contributed by atoms with Gasteiger partial charge in [-0.1, -0.05) is 12.1 Å². The van der Waals surface area contributed by atoms with Gasteiger partial charge in [0.05, 0.1) is 19.2 Å². The van der Waals surface area contributed by atoms with E-state index < -0.39 is 0 Å². The highest BCUT2D eigenvalue weighted by Gasteiger charge is 2.16. The van der Waals surface area contributed by atoms with Crippen LogP contribution in [0.15, 0.2) is 33.9 Å². The number of H-pyrrole nitrogens is 1. The third-order valence-electron chi connectivity index (χ3n) is 3.72. The number of hydrogen-bond acceptors (Lipinski definition) is 4. The predicted octanol–water partition coefficient (Wildman–Crippen LogP) is 0.239. The van der Waals surface area contributed by atoms with Crippen molar-refractivity contribution in [3.8, 4) is 5.75 Å². The molecule has 1 aromatic heterocycles. The van der Waals surface area contributed by atoms with E-state index >= 15 is 0 Å². The van der Waals surface area contributed by atoms with E-state index in [-0.39, 0.29) is 17.8 Å². The molecule has 0 saturated heterocycles. The van der Waals surface area contributed by atoms with Crippen LogP contribution >= 0.6 is 0 Å². The summed E-state index contributed by atoms with van der Waals surface area (Å²) < 4.78 is 6.34. The summed E-state index contributed by atoms with van der Waals surface area (Å²) >= 11 is 0. The highest BCUT2D eigenvalue weighted by atomic mass is 16.5. The van der Waals surface area contributed by atoms with E-state index in [1.807, 2.05) is 24.3 Å². The lowest BCUT2D eigenvalue weighted by molar-refractivity contribution is 0.414. The first-order valence-electron chi connectivity index (χ1n) is 6.87. The first kappa shape index (κ1) is 13.6. The Balaban J connectivity index is 1.98. The summed E-state index contributed by atoms with van der Waals surface area (Å²) in [5.74, 6) is 0.745. The summed E-state index contributed by atoms with van der Waals surface area (Å²) in [4.78, 5) is 27.4. The second-order valence-electron chi connectivity index (χ2n) is 5.05. The highest BCUT2D eigenvalue weighted by molar-refractivity contribution is 5.28. The van der Waals surface area contributed by atoms with Crippen molar-refractivity contribution < 1.29 is 4.74 Å². The second-order valence-corrected chi connectivity index (χ2v) is 5.05. The van der Waals surface area contributed by atoms with Gasteiger partial charge >= 0.3 is 5.69 Å². The smallest absolute Gasteiger partial charge is 0.328 e. The fourth-order valence-corrected chi connectivity index (χ4v) is 2.54.